The van der Waals surface area contributed by atoms with E-state index in [1.165, 1.54) is 11.0 Å². The molecule has 3 rings (SSSR count). The summed E-state index contributed by atoms with van der Waals surface area (Å²) in [6, 6.07) is 4.91. The van der Waals surface area contributed by atoms with Gasteiger partial charge in [-0.05, 0) is 18.4 Å². The van der Waals surface area contributed by atoms with Gasteiger partial charge in [-0.1, -0.05) is 11.2 Å². The van der Waals surface area contributed by atoms with Crippen molar-refractivity contribution in [2.75, 3.05) is 19.6 Å². The van der Waals surface area contributed by atoms with Gasteiger partial charge >= 0.3 is 0 Å². The first-order chi connectivity index (χ1) is 11.8. The number of aryl methyl sites for hydroxylation is 1. The molecule has 1 saturated heterocycles. The van der Waals surface area contributed by atoms with Crippen LogP contribution >= 0.6 is 11.3 Å². The van der Waals surface area contributed by atoms with Crippen molar-refractivity contribution in [3.63, 3.8) is 0 Å². The number of aliphatic hydroxyl groups is 1. The lowest BCUT2D eigenvalue weighted by molar-refractivity contribution is -0.129. The molecule has 3 heterocycles. The molecular weight excluding hydrogens is 366 g/mol. The predicted octanol–water partition coefficient (Wildman–Crippen LogP) is 0.385. The van der Waals surface area contributed by atoms with Gasteiger partial charge in [0.25, 0.3) is 10.0 Å². The summed E-state index contributed by atoms with van der Waals surface area (Å²) in [5.41, 5.74) is 0.762. The maximum atomic E-state index is 12.3. The van der Waals surface area contributed by atoms with E-state index >= 15 is 0 Å². The first-order valence-electron chi connectivity index (χ1n) is 7.76. The highest BCUT2D eigenvalue weighted by atomic mass is 32.2. The van der Waals surface area contributed by atoms with Crippen LogP contribution in [0.2, 0.25) is 0 Å². The molecule has 2 aromatic heterocycles. The second-order valence-corrected chi connectivity index (χ2v) is 8.96. The molecule has 2 N–H and O–H groups in total. The molecule has 0 aliphatic carbocycles. The zero-order chi connectivity index (χ0) is 18.0. The summed E-state index contributed by atoms with van der Waals surface area (Å²) in [5.74, 6) is 0.134. The Morgan fingerprint density at radius 2 is 2.32 bits per heavy atom. The van der Waals surface area contributed by atoms with Gasteiger partial charge < -0.3 is 14.5 Å². The second-order valence-electron chi connectivity index (χ2n) is 6.02. The van der Waals surface area contributed by atoms with E-state index in [0.29, 0.717) is 18.7 Å². The van der Waals surface area contributed by atoms with Crippen LogP contribution in [0.15, 0.2) is 32.3 Å². The molecule has 0 bridgehead atoms. The van der Waals surface area contributed by atoms with Gasteiger partial charge in [0, 0.05) is 31.5 Å². The molecule has 0 spiro atoms. The zero-order valence-electron chi connectivity index (χ0n) is 13.6. The number of aromatic nitrogens is 1. The number of hydrogen-bond acceptors (Lipinski definition) is 7. The molecule has 8 nitrogen and oxygen atoms in total. The zero-order valence-corrected chi connectivity index (χ0v) is 15.2. The standard InChI is InChI=1S/C15H19N3O5S2/c1-10-5-12(23-17-10)6-11-8-18(9-13(11)19)14(20)7-16-25(21,22)15-3-2-4-24-15/h2-5,11,13,16,19H,6-9H2,1H3/t11-,13+/m1/s1. The fourth-order valence-electron chi connectivity index (χ4n) is 2.79. The molecule has 0 radical (unpaired) electrons. The number of hydrogen-bond donors (Lipinski definition) is 2. The number of likely N-dealkylation sites (tertiary alicyclic amines) is 1. The van der Waals surface area contributed by atoms with Crippen LogP contribution in [0.25, 0.3) is 0 Å². The fraction of sp³-hybridized carbons (Fsp3) is 0.467. The molecule has 10 heteroatoms. The summed E-state index contributed by atoms with van der Waals surface area (Å²) >= 11 is 1.09. The van der Waals surface area contributed by atoms with Crippen molar-refractivity contribution in [2.45, 2.75) is 23.7 Å². The minimum atomic E-state index is -3.68. The molecule has 0 unspecified atom stereocenters. The number of aliphatic hydroxyl groups excluding tert-OH is 1. The molecule has 25 heavy (non-hydrogen) atoms. The van der Waals surface area contributed by atoms with Gasteiger partial charge in [0.05, 0.1) is 18.3 Å². The molecule has 1 fully saturated rings. The van der Waals surface area contributed by atoms with E-state index in [0.717, 1.165) is 17.0 Å². The van der Waals surface area contributed by atoms with Crippen molar-refractivity contribution >= 4 is 27.3 Å². The fourth-order valence-corrected chi connectivity index (χ4v) is 4.80. The Balaban J connectivity index is 1.55. The molecule has 1 aliphatic heterocycles. The number of carbonyl (C=O) groups is 1. The monoisotopic (exact) mass is 385 g/mol. The molecule has 1 amide bonds. The van der Waals surface area contributed by atoms with E-state index in [2.05, 4.69) is 9.88 Å². The number of carbonyl (C=O) groups excluding carboxylic acids is 1. The SMILES string of the molecule is Cc1cc(C[C@@H]2CN(C(=O)CNS(=O)(=O)c3cccs3)C[C@@H]2O)on1. The van der Waals surface area contributed by atoms with Gasteiger partial charge in [-0.15, -0.1) is 11.3 Å². The molecule has 136 valence electrons. The molecule has 2 aromatic rings. The van der Waals surface area contributed by atoms with Gasteiger partial charge in [0.1, 0.15) is 9.97 Å². The average molecular weight is 385 g/mol. The largest absolute Gasteiger partial charge is 0.391 e. The summed E-state index contributed by atoms with van der Waals surface area (Å²) < 4.78 is 31.7. The number of sulfonamides is 1. The number of thiophene rings is 1. The van der Waals surface area contributed by atoms with Crippen LogP contribution in [-0.2, 0) is 21.2 Å². The number of rotatable bonds is 6. The minimum absolute atomic E-state index is 0.162. The summed E-state index contributed by atoms with van der Waals surface area (Å²) in [5, 5.41) is 15.6. The lowest BCUT2D eigenvalue weighted by Crippen LogP contribution is -2.39. The van der Waals surface area contributed by atoms with E-state index in [-0.39, 0.29) is 29.1 Å². The Kier molecular flexibility index (Phi) is 5.23. The maximum absolute atomic E-state index is 12.3. The number of β-amino-alcohol motifs (C(OH)–C–C–N with tert-alkyl or cyclic N) is 1. The third-order valence-electron chi connectivity index (χ3n) is 4.07. The van der Waals surface area contributed by atoms with Gasteiger partial charge in [0.2, 0.25) is 5.91 Å². The van der Waals surface area contributed by atoms with Crippen molar-refractivity contribution in [3.8, 4) is 0 Å². The first-order valence-corrected chi connectivity index (χ1v) is 10.1. The van der Waals surface area contributed by atoms with Gasteiger partial charge in [-0.3, -0.25) is 4.79 Å². The molecule has 0 saturated carbocycles. The summed E-state index contributed by atoms with van der Waals surface area (Å²) in [6.07, 6.45) is -0.199. The maximum Gasteiger partial charge on any atom is 0.250 e. The summed E-state index contributed by atoms with van der Waals surface area (Å²) in [6.45, 7) is 2.01. The van der Waals surface area contributed by atoms with Gasteiger partial charge in [0.15, 0.2) is 0 Å². The highest BCUT2D eigenvalue weighted by molar-refractivity contribution is 7.91. The van der Waals surface area contributed by atoms with Gasteiger partial charge in [-0.25, -0.2) is 13.1 Å². The number of amides is 1. The van der Waals surface area contributed by atoms with Gasteiger partial charge in [-0.2, -0.15) is 0 Å². The van der Waals surface area contributed by atoms with Crippen molar-refractivity contribution < 1.29 is 22.8 Å². The van der Waals surface area contributed by atoms with Crippen LogP contribution in [0.5, 0.6) is 0 Å². The van der Waals surface area contributed by atoms with E-state index in [9.17, 15) is 18.3 Å². The highest BCUT2D eigenvalue weighted by Gasteiger charge is 2.35. The normalized spacial score (nSPS) is 21.0. The quantitative estimate of drug-likeness (QED) is 0.744. The minimum Gasteiger partial charge on any atom is -0.391 e. The van der Waals surface area contributed by atoms with Crippen LogP contribution in [0.4, 0.5) is 0 Å². The van der Waals surface area contributed by atoms with Crippen molar-refractivity contribution in [2.24, 2.45) is 5.92 Å². The average Bonchev–Trinajstić information content (AvgIpc) is 3.28. The smallest absolute Gasteiger partial charge is 0.250 e. The predicted molar refractivity (Wildman–Crippen MR) is 90.5 cm³/mol. The summed E-state index contributed by atoms with van der Waals surface area (Å²) in [7, 11) is -3.68. The number of nitrogens with one attached hydrogen (secondary N) is 1. The summed E-state index contributed by atoms with van der Waals surface area (Å²) in [4.78, 5) is 13.7. The van der Waals surface area contributed by atoms with E-state index in [1.807, 2.05) is 6.92 Å². The van der Waals surface area contributed by atoms with Crippen molar-refractivity contribution in [3.05, 3.63) is 35.0 Å². The Hall–Kier alpha value is -1.75. The molecule has 2 atom stereocenters. The van der Waals surface area contributed by atoms with Crippen LogP contribution in [-0.4, -0.2) is 55.2 Å². The van der Waals surface area contributed by atoms with Crippen LogP contribution in [0.1, 0.15) is 11.5 Å². The van der Waals surface area contributed by atoms with E-state index in [4.69, 9.17) is 4.52 Å². The third-order valence-corrected chi connectivity index (χ3v) is 6.87. The Morgan fingerprint density at radius 3 is 2.96 bits per heavy atom. The van der Waals surface area contributed by atoms with Crippen LogP contribution in [0, 0.1) is 12.8 Å². The Bertz CT molecular complexity index is 831. The Labute approximate surface area is 149 Å². The van der Waals surface area contributed by atoms with Crippen molar-refractivity contribution in [1.29, 1.82) is 0 Å². The van der Waals surface area contributed by atoms with Crippen molar-refractivity contribution in [1.82, 2.24) is 14.8 Å². The molecular formula is C15H19N3O5S2. The topological polar surface area (TPSA) is 113 Å². The number of nitrogens with zero attached hydrogens (tertiary/aromatic N) is 2. The third kappa shape index (κ3) is 4.27. The van der Waals surface area contributed by atoms with E-state index in [1.54, 1.807) is 17.5 Å². The lowest BCUT2D eigenvalue weighted by Gasteiger charge is -2.16. The molecule has 1 aliphatic rings. The van der Waals surface area contributed by atoms with Crippen LogP contribution in [0.3, 0.4) is 0 Å². The highest BCUT2D eigenvalue weighted by Crippen LogP contribution is 2.22. The molecule has 0 aromatic carbocycles. The van der Waals surface area contributed by atoms with E-state index < -0.39 is 16.1 Å². The first kappa shape index (κ1) is 18.1. The lowest BCUT2D eigenvalue weighted by atomic mass is 10.0. The Morgan fingerprint density at radius 1 is 1.52 bits per heavy atom. The van der Waals surface area contributed by atoms with Crippen LogP contribution < -0.4 is 4.72 Å². The second kappa shape index (κ2) is 7.24.